The summed E-state index contributed by atoms with van der Waals surface area (Å²) in [6.45, 7) is 0.713. The number of nitrogens with one attached hydrogen (secondary N) is 1. The van der Waals surface area contributed by atoms with Crippen LogP contribution in [0.4, 0.5) is 10.2 Å². The van der Waals surface area contributed by atoms with Gasteiger partial charge in [-0.25, -0.2) is 9.37 Å². The van der Waals surface area contributed by atoms with Crippen molar-refractivity contribution in [1.82, 2.24) is 15.0 Å². The predicted molar refractivity (Wildman–Crippen MR) is 83.9 cm³/mol. The Morgan fingerprint density at radius 1 is 0.955 bits per heavy atom. The highest BCUT2D eigenvalue weighted by Crippen LogP contribution is 2.23. The van der Waals surface area contributed by atoms with Crippen LogP contribution >= 0.6 is 0 Å². The van der Waals surface area contributed by atoms with E-state index < -0.39 is 0 Å². The van der Waals surface area contributed by atoms with Crippen LogP contribution in [-0.2, 0) is 6.42 Å². The first-order chi connectivity index (χ1) is 10.8. The summed E-state index contributed by atoms with van der Waals surface area (Å²) in [5.41, 5.74) is 2.55. The molecule has 2 heterocycles. The maximum atomic E-state index is 13.4. The molecule has 0 bridgehead atoms. The Hall–Kier alpha value is -2.82. The molecule has 3 rings (SSSR count). The highest BCUT2D eigenvalue weighted by molar-refractivity contribution is 5.70. The highest BCUT2D eigenvalue weighted by atomic mass is 19.1. The van der Waals surface area contributed by atoms with Crippen LogP contribution in [0.15, 0.2) is 61.2 Å². The van der Waals surface area contributed by atoms with Crippen molar-refractivity contribution in [3.63, 3.8) is 0 Å². The summed E-state index contributed by atoms with van der Waals surface area (Å²) < 4.78 is 13.4. The van der Waals surface area contributed by atoms with E-state index in [4.69, 9.17) is 0 Å². The van der Waals surface area contributed by atoms with E-state index in [1.807, 2.05) is 18.2 Å². The Bertz CT molecular complexity index is 746. The van der Waals surface area contributed by atoms with Crippen LogP contribution in [0.25, 0.3) is 11.3 Å². The van der Waals surface area contributed by atoms with Gasteiger partial charge in [-0.3, -0.25) is 9.97 Å². The first-order valence-corrected chi connectivity index (χ1v) is 7.02. The average Bonchev–Trinajstić information content (AvgIpc) is 2.56. The fourth-order valence-corrected chi connectivity index (χ4v) is 2.19. The van der Waals surface area contributed by atoms with Gasteiger partial charge in [-0.1, -0.05) is 12.1 Å². The maximum absolute atomic E-state index is 13.4. The second-order valence-corrected chi connectivity index (χ2v) is 4.80. The summed E-state index contributed by atoms with van der Waals surface area (Å²) in [6, 6.07) is 10.3. The van der Waals surface area contributed by atoms with Gasteiger partial charge in [-0.05, 0) is 36.2 Å². The lowest BCUT2D eigenvalue weighted by Gasteiger charge is -2.10. The third-order valence-electron chi connectivity index (χ3n) is 3.25. The van der Waals surface area contributed by atoms with Crippen molar-refractivity contribution in [2.75, 3.05) is 11.9 Å². The van der Waals surface area contributed by atoms with E-state index in [0.29, 0.717) is 23.6 Å². The number of rotatable bonds is 5. The molecule has 0 aliphatic carbocycles. The molecule has 110 valence electrons. The van der Waals surface area contributed by atoms with Gasteiger partial charge in [-0.15, -0.1) is 0 Å². The number of benzene rings is 1. The molecule has 0 saturated carbocycles. The second-order valence-electron chi connectivity index (χ2n) is 4.80. The van der Waals surface area contributed by atoms with Crippen LogP contribution in [0.1, 0.15) is 5.56 Å². The Morgan fingerprint density at radius 3 is 2.59 bits per heavy atom. The molecule has 1 aromatic carbocycles. The van der Waals surface area contributed by atoms with Crippen molar-refractivity contribution in [3.05, 3.63) is 72.6 Å². The summed E-state index contributed by atoms with van der Waals surface area (Å²) in [6.07, 6.45) is 7.62. The Kier molecular flexibility index (Phi) is 4.34. The first-order valence-electron chi connectivity index (χ1n) is 7.02. The van der Waals surface area contributed by atoms with Crippen LogP contribution in [0, 0.1) is 5.82 Å². The Labute approximate surface area is 128 Å². The van der Waals surface area contributed by atoms with Crippen molar-refractivity contribution in [3.8, 4) is 11.3 Å². The maximum Gasteiger partial charge on any atom is 0.152 e. The standard InChI is InChI=1S/C17H15FN4/c18-15-3-1-2-14(12-15)16-17(22-11-10-20-16)21-9-6-13-4-7-19-8-5-13/h1-5,7-8,10-12H,6,9H2,(H,21,22). The minimum absolute atomic E-state index is 0.286. The number of nitrogens with zero attached hydrogens (tertiary/aromatic N) is 3. The molecule has 0 unspecified atom stereocenters. The molecule has 4 nitrogen and oxygen atoms in total. The van der Waals surface area contributed by atoms with Crippen molar-refractivity contribution in [2.24, 2.45) is 0 Å². The molecule has 0 aliphatic rings. The quantitative estimate of drug-likeness (QED) is 0.784. The van der Waals surface area contributed by atoms with E-state index in [2.05, 4.69) is 20.3 Å². The molecule has 2 aromatic heterocycles. The zero-order valence-electron chi connectivity index (χ0n) is 11.9. The number of hydrogen-bond acceptors (Lipinski definition) is 4. The SMILES string of the molecule is Fc1cccc(-c2nccnc2NCCc2ccncc2)c1. The second kappa shape index (κ2) is 6.76. The summed E-state index contributed by atoms with van der Waals surface area (Å²) in [7, 11) is 0. The molecule has 0 aliphatic heterocycles. The van der Waals surface area contributed by atoms with Gasteiger partial charge >= 0.3 is 0 Å². The summed E-state index contributed by atoms with van der Waals surface area (Å²) in [5, 5.41) is 3.26. The van der Waals surface area contributed by atoms with Crippen LogP contribution in [0.2, 0.25) is 0 Å². The van der Waals surface area contributed by atoms with E-state index in [-0.39, 0.29) is 5.82 Å². The number of halogens is 1. The van der Waals surface area contributed by atoms with Crippen LogP contribution in [0.3, 0.4) is 0 Å². The van der Waals surface area contributed by atoms with Crippen LogP contribution in [0.5, 0.6) is 0 Å². The number of aromatic nitrogens is 3. The van der Waals surface area contributed by atoms with Gasteiger partial charge in [0.1, 0.15) is 11.5 Å². The van der Waals surface area contributed by atoms with E-state index in [1.54, 1.807) is 30.9 Å². The van der Waals surface area contributed by atoms with Gasteiger partial charge in [-0.2, -0.15) is 0 Å². The molecule has 22 heavy (non-hydrogen) atoms. The van der Waals surface area contributed by atoms with Gasteiger partial charge in [0.25, 0.3) is 0 Å². The molecule has 0 saturated heterocycles. The van der Waals surface area contributed by atoms with Gasteiger partial charge in [0.2, 0.25) is 0 Å². The lowest BCUT2D eigenvalue weighted by atomic mass is 10.1. The van der Waals surface area contributed by atoms with Crippen molar-refractivity contribution in [2.45, 2.75) is 6.42 Å². The number of anilines is 1. The smallest absolute Gasteiger partial charge is 0.152 e. The third-order valence-corrected chi connectivity index (χ3v) is 3.25. The molecule has 3 aromatic rings. The molecule has 0 atom stereocenters. The van der Waals surface area contributed by atoms with Crippen molar-refractivity contribution in [1.29, 1.82) is 0 Å². The van der Waals surface area contributed by atoms with E-state index in [1.165, 1.54) is 17.7 Å². The van der Waals surface area contributed by atoms with Gasteiger partial charge in [0.05, 0.1) is 0 Å². The molecule has 0 radical (unpaired) electrons. The molecule has 0 fully saturated rings. The minimum atomic E-state index is -0.286. The molecule has 0 amide bonds. The Morgan fingerprint density at radius 2 is 1.77 bits per heavy atom. The summed E-state index contributed by atoms with van der Waals surface area (Å²) in [4.78, 5) is 12.6. The highest BCUT2D eigenvalue weighted by Gasteiger charge is 2.08. The van der Waals surface area contributed by atoms with E-state index in [0.717, 1.165) is 6.42 Å². The molecule has 5 heteroatoms. The minimum Gasteiger partial charge on any atom is -0.368 e. The topological polar surface area (TPSA) is 50.7 Å². The van der Waals surface area contributed by atoms with Crippen LogP contribution < -0.4 is 5.32 Å². The molecular formula is C17H15FN4. The van der Waals surface area contributed by atoms with Crippen molar-refractivity contribution < 1.29 is 4.39 Å². The number of hydrogen-bond donors (Lipinski definition) is 1. The lowest BCUT2D eigenvalue weighted by Crippen LogP contribution is -2.08. The monoisotopic (exact) mass is 294 g/mol. The largest absolute Gasteiger partial charge is 0.368 e. The zero-order chi connectivity index (χ0) is 15.2. The van der Waals surface area contributed by atoms with Gasteiger partial charge in [0, 0.05) is 36.9 Å². The normalized spacial score (nSPS) is 10.4. The Balaban J connectivity index is 1.74. The van der Waals surface area contributed by atoms with Crippen molar-refractivity contribution >= 4 is 5.82 Å². The third kappa shape index (κ3) is 3.44. The molecule has 0 spiro atoms. The van der Waals surface area contributed by atoms with E-state index in [9.17, 15) is 4.39 Å². The lowest BCUT2D eigenvalue weighted by molar-refractivity contribution is 0.628. The van der Waals surface area contributed by atoms with E-state index >= 15 is 0 Å². The average molecular weight is 294 g/mol. The van der Waals surface area contributed by atoms with Gasteiger partial charge in [0.15, 0.2) is 5.82 Å². The fourth-order valence-electron chi connectivity index (χ4n) is 2.19. The number of pyridine rings is 1. The fraction of sp³-hybridized carbons (Fsp3) is 0.118. The van der Waals surface area contributed by atoms with Gasteiger partial charge < -0.3 is 5.32 Å². The molecule has 1 N–H and O–H groups in total. The predicted octanol–water partition coefficient (Wildman–Crippen LogP) is 3.33. The summed E-state index contributed by atoms with van der Waals surface area (Å²) in [5.74, 6) is 0.369. The summed E-state index contributed by atoms with van der Waals surface area (Å²) >= 11 is 0. The molecular weight excluding hydrogens is 279 g/mol. The zero-order valence-corrected chi connectivity index (χ0v) is 11.9. The van der Waals surface area contributed by atoms with Crippen LogP contribution in [-0.4, -0.2) is 21.5 Å². The first kappa shape index (κ1) is 14.1.